The number of rotatable bonds is 4. The maximum absolute atomic E-state index is 10.8. The Morgan fingerprint density at radius 1 is 1.33 bits per heavy atom. The first-order valence-corrected chi connectivity index (χ1v) is 9.85. The van der Waals surface area contributed by atoms with Gasteiger partial charge in [0, 0.05) is 10.9 Å². The Bertz CT molecular complexity index is 869. The van der Waals surface area contributed by atoms with Crippen LogP contribution in [0.4, 0.5) is 0 Å². The molecule has 126 valence electrons. The lowest BCUT2D eigenvalue weighted by molar-refractivity contribution is 0.277. The van der Waals surface area contributed by atoms with Gasteiger partial charge in [-0.2, -0.15) is 4.52 Å². The van der Waals surface area contributed by atoms with Crippen LogP contribution >= 0.6 is 27.3 Å². The number of halogens is 1. The summed E-state index contributed by atoms with van der Waals surface area (Å²) < 4.78 is 2.64. The second-order valence-corrected chi connectivity index (χ2v) is 7.99. The van der Waals surface area contributed by atoms with E-state index in [2.05, 4.69) is 43.0 Å². The molecular formula is C17H19BrN4OS. The van der Waals surface area contributed by atoms with Crippen LogP contribution in [0.15, 0.2) is 28.7 Å². The Hall–Kier alpha value is -1.44. The van der Waals surface area contributed by atoms with Crippen LogP contribution in [0.1, 0.15) is 42.1 Å². The van der Waals surface area contributed by atoms with E-state index in [1.54, 1.807) is 4.52 Å². The lowest BCUT2D eigenvalue weighted by Gasteiger charge is -2.27. The van der Waals surface area contributed by atoms with Crippen LogP contribution in [0.3, 0.4) is 0 Å². The number of nitrogens with zero attached hydrogens (tertiary/aromatic N) is 4. The smallest absolute Gasteiger partial charge is 0.230 e. The predicted octanol–water partition coefficient (Wildman–Crippen LogP) is 4.01. The van der Waals surface area contributed by atoms with Gasteiger partial charge in [0.15, 0.2) is 5.82 Å². The van der Waals surface area contributed by atoms with Gasteiger partial charge >= 0.3 is 0 Å². The van der Waals surface area contributed by atoms with Crippen molar-refractivity contribution in [1.29, 1.82) is 0 Å². The molecule has 0 radical (unpaired) electrons. The second-order valence-electron chi connectivity index (χ2n) is 6.07. The monoisotopic (exact) mass is 406 g/mol. The normalized spacial score (nSPS) is 16.9. The minimum Gasteiger partial charge on any atom is -0.492 e. The molecule has 1 saturated heterocycles. The van der Waals surface area contributed by atoms with Crippen LogP contribution in [-0.4, -0.2) is 37.7 Å². The van der Waals surface area contributed by atoms with Gasteiger partial charge in [0.1, 0.15) is 0 Å². The minimum atomic E-state index is 0.0450. The molecule has 4 rings (SSSR count). The number of aromatic nitrogens is 3. The van der Waals surface area contributed by atoms with Crippen molar-refractivity contribution in [1.82, 2.24) is 19.5 Å². The molecule has 24 heavy (non-hydrogen) atoms. The molecule has 1 aromatic carbocycles. The highest BCUT2D eigenvalue weighted by atomic mass is 79.9. The summed E-state index contributed by atoms with van der Waals surface area (Å²) in [7, 11) is 0. The van der Waals surface area contributed by atoms with E-state index in [0.717, 1.165) is 39.6 Å². The number of fused-ring (bicyclic) bond motifs is 1. The molecule has 5 nitrogen and oxygen atoms in total. The molecular weight excluding hydrogens is 388 g/mol. The second kappa shape index (κ2) is 6.46. The first kappa shape index (κ1) is 16.1. The summed E-state index contributed by atoms with van der Waals surface area (Å²) in [5.74, 6) is 0.988. The number of thiazole rings is 1. The van der Waals surface area contributed by atoms with E-state index in [1.807, 2.05) is 19.1 Å². The number of aryl methyl sites for hydroxylation is 1. The fourth-order valence-electron chi connectivity index (χ4n) is 3.32. The molecule has 0 saturated carbocycles. The number of benzene rings is 1. The van der Waals surface area contributed by atoms with E-state index in [0.29, 0.717) is 0 Å². The van der Waals surface area contributed by atoms with Crippen LogP contribution in [-0.2, 0) is 6.42 Å². The van der Waals surface area contributed by atoms with Crippen molar-refractivity contribution < 1.29 is 5.11 Å². The number of hydrogen-bond donors (Lipinski definition) is 1. The number of likely N-dealkylation sites (tertiary alicyclic amines) is 1. The van der Waals surface area contributed by atoms with E-state index in [-0.39, 0.29) is 11.9 Å². The van der Waals surface area contributed by atoms with E-state index < -0.39 is 0 Å². The molecule has 0 aliphatic carbocycles. The Balaban J connectivity index is 1.83. The van der Waals surface area contributed by atoms with Gasteiger partial charge in [-0.15, -0.1) is 5.10 Å². The Morgan fingerprint density at radius 2 is 2.12 bits per heavy atom. The summed E-state index contributed by atoms with van der Waals surface area (Å²) in [6.45, 7) is 4.11. The molecule has 2 aromatic heterocycles. The third kappa shape index (κ3) is 2.74. The Labute approximate surface area is 153 Å². The highest BCUT2D eigenvalue weighted by molar-refractivity contribution is 9.10. The summed E-state index contributed by atoms with van der Waals surface area (Å²) in [5, 5.41) is 15.2. The third-order valence-corrected chi connectivity index (χ3v) is 6.04. The van der Waals surface area contributed by atoms with E-state index in [1.165, 1.54) is 29.7 Å². The van der Waals surface area contributed by atoms with Gasteiger partial charge in [0.05, 0.1) is 10.9 Å². The van der Waals surface area contributed by atoms with Gasteiger partial charge in [-0.3, -0.25) is 4.90 Å². The summed E-state index contributed by atoms with van der Waals surface area (Å²) in [5.41, 5.74) is 1.18. The summed E-state index contributed by atoms with van der Waals surface area (Å²) in [6, 6.07) is 8.38. The van der Waals surface area contributed by atoms with Gasteiger partial charge < -0.3 is 5.11 Å². The maximum atomic E-state index is 10.8. The molecule has 1 aliphatic rings. The van der Waals surface area contributed by atoms with Crippen molar-refractivity contribution in [3.8, 4) is 5.88 Å². The number of aromatic hydroxyl groups is 1. The fourth-order valence-corrected chi connectivity index (χ4v) is 4.88. The molecule has 1 aliphatic heterocycles. The van der Waals surface area contributed by atoms with E-state index >= 15 is 0 Å². The Kier molecular flexibility index (Phi) is 4.32. The molecule has 7 heteroatoms. The molecule has 1 atom stereocenters. The van der Waals surface area contributed by atoms with Crippen LogP contribution in [0, 0.1) is 0 Å². The topological polar surface area (TPSA) is 53.7 Å². The molecule has 3 aromatic rings. The highest BCUT2D eigenvalue weighted by Gasteiger charge is 2.31. The van der Waals surface area contributed by atoms with Gasteiger partial charge in [-0.1, -0.05) is 46.3 Å². The van der Waals surface area contributed by atoms with Crippen molar-refractivity contribution >= 4 is 32.2 Å². The van der Waals surface area contributed by atoms with Crippen LogP contribution < -0.4 is 0 Å². The van der Waals surface area contributed by atoms with Crippen molar-refractivity contribution in [3.63, 3.8) is 0 Å². The summed E-state index contributed by atoms with van der Waals surface area (Å²) in [6.07, 6.45) is 3.17. The fraction of sp³-hybridized carbons (Fsp3) is 0.412. The van der Waals surface area contributed by atoms with Crippen LogP contribution in [0.25, 0.3) is 4.96 Å². The molecule has 0 spiro atoms. The van der Waals surface area contributed by atoms with Crippen LogP contribution in [0.2, 0.25) is 0 Å². The quantitative estimate of drug-likeness (QED) is 0.710. The molecule has 0 amide bonds. The van der Waals surface area contributed by atoms with Gasteiger partial charge in [0.2, 0.25) is 10.8 Å². The Morgan fingerprint density at radius 3 is 2.79 bits per heavy atom. The lowest BCUT2D eigenvalue weighted by atomic mass is 10.0. The molecule has 3 heterocycles. The van der Waals surface area contributed by atoms with Crippen LogP contribution in [0.5, 0.6) is 5.88 Å². The maximum Gasteiger partial charge on any atom is 0.230 e. The largest absolute Gasteiger partial charge is 0.492 e. The van der Waals surface area contributed by atoms with E-state index in [9.17, 15) is 5.11 Å². The van der Waals surface area contributed by atoms with Crippen molar-refractivity contribution in [2.45, 2.75) is 32.2 Å². The van der Waals surface area contributed by atoms with E-state index in [4.69, 9.17) is 0 Å². The average Bonchev–Trinajstić information content (AvgIpc) is 3.28. The average molecular weight is 407 g/mol. The summed E-state index contributed by atoms with van der Waals surface area (Å²) in [4.78, 5) is 8.64. The lowest BCUT2D eigenvalue weighted by Crippen LogP contribution is -2.26. The standard InChI is InChI=1S/C17H19BrN4OS/c1-2-13-19-17-22(20-13)16(23)15(24-17)14(21-8-3-4-9-21)11-6-5-7-12(18)10-11/h5-7,10,14,23H,2-4,8-9H2,1H3/t14-/m0/s1. The zero-order valence-electron chi connectivity index (χ0n) is 13.4. The van der Waals surface area contributed by atoms with Crippen molar-refractivity contribution in [2.24, 2.45) is 0 Å². The van der Waals surface area contributed by atoms with Gasteiger partial charge in [-0.25, -0.2) is 4.98 Å². The highest BCUT2D eigenvalue weighted by Crippen LogP contribution is 2.41. The molecule has 0 unspecified atom stereocenters. The summed E-state index contributed by atoms with van der Waals surface area (Å²) >= 11 is 5.11. The molecule has 1 fully saturated rings. The first-order chi connectivity index (χ1) is 11.7. The SMILES string of the molecule is CCc1nc2sc([C@H](c3cccc(Br)c3)N3CCCC3)c(O)n2n1. The third-order valence-electron chi connectivity index (χ3n) is 4.48. The zero-order chi connectivity index (χ0) is 16.7. The number of hydrogen-bond acceptors (Lipinski definition) is 5. The molecule has 0 bridgehead atoms. The first-order valence-electron chi connectivity index (χ1n) is 8.24. The van der Waals surface area contributed by atoms with Gasteiger partial charge in [0.25, 0.3) is 0 Å². The zero-order valence-corrected chi connectivity index (χ0v) is 15.8. The molecule has 1 N–H and O–H groups in total. The van der Waals surface area contributed by atoms with Crippen molar-refractivity contribution in [3.05, 3.63) is 45.0 Å². The van der Waals surface area contributed by atoms with Crippen molar-refractivity contribution in [2.75, 3.05) is 13.1 Å². The van der Waals surface area contributed by atoms with Gasteiger partial charge in [-0.05, 0) is 43.6 Å². The minimum absolute atomic E-state index is 0.0450. The predicted molar refractivity (Wildman–Crippen MR) is 98.7 cm³/mol.